The van der Waals surface area contributed by atoms with Gasteiger partial charge >= 0.3 is 12.1 Å². The number of hydrogen-bond acceptors (Lipinski definition) is 6. The molecule has 0 atom stereocenters. The van der Waals surface area contributed by atoms with Crippen LogP contribution in [-0.2, 0) is 23.0 Å². The molecule has 0 bridgehead atoms. The van der Waals surface area contributed by atoms with Crippen LogP contribution in [-0.4, -0.2) is 48.9 Å². The van der Waals surface area contributed by atoms with E-state index in [2.05, 4.69) is 27.3 Å². The van der Waals surface area contributed by atoms with E-state index < -0.39 is 22.1 Å². The van der Waals surface area contributed by atoms with Gasteiger partial charge in [-0.25, -0.2) is 22.7 Å². The van der Waals surface area contributed by atoms with Crippen molar-refractivity contribution >= 4 is 28.0 Å². The fourth-order valence-electron chi connectivity index (χ4n) is 4.51. The van der Waals surface area contributed by atoms with Gasteiger partial charge in [-0.15, -0.1) is 0 Å². The van der Waals surface area contributed by atoms with Crippen LogP contribution in [0.25, 0.3) is 0 Å². The lowest BCUT2D eigenvalue weighted by atomic mass is 9.87. The fourth-order valence-corrected chi connectivity index (χ4v) is 5.42. The third-order valence-corrected chi connectivity index (χ3v) is 8.02. The first-order chi connectivity index (χ1) is 17.1. The van der Waals surface area contributed by atoms with Crippen molar-refractivity contribution in [1.29, 1.82) is 0 Å². The van der Waals surface area contributed by atoms with E-state index in [0.717, 1.165) is 36.1 Å². The number of pyridine rings is 1. The molecule has 1 aliphatic carbocycles. The highest BCUT2D eigenvalue weighted by Crippen LogP contribution is 2.24. The monoisotopic (exact) mass is 513 g/mol. The summed E-state index contributed by atoms with van der Waals surface area (Å²) in [7, 11) is -4.00. The summed E-state index contributed by atoms with van der Waals surface area (Å²) < 4.78 is 27.2. The van der Waals surface area contributed by atoms with Crippen molar-refractivity contribution in [3.63, 3.8) is 0 Å². The summed E-state index contributed by atoms with van der Waals surface area (Å²) in [6, 6.07) is 6.56. The molecule has 0 spiro atoms. The number of sulfonamides is 1. The van der Waals surface area contributed by atoms with E-state index in [1.165, 1.54) is 12.1 Å². The zero-order valence-electron chi connectivity index (χ0n) is 20.4. The number of carbonyl (C=O) groups excluding carboxylic acids is 3. The van der Waals surface area contributed by atoms with Gasteiger partial charge in [0.1, 0.15) is 0 Å². The van der Waals surface area contributed by atoms with Crippen molar-refractivity contribution in [3.8, 4) is 0 Å². The number of amides is 5. The lowest BCUT2D eigenvalue weighted by molar-refractivity contribution is 0.0821. The number of nitrogens with one attached hydrogen (secondary N) is 3. The average molecular weight is 514 g/mol. The van der Waals surface area contributed by atoms with Crippen LogP contribution in [0.5, 0.6) is 0 Å². The first kappa shape index (κ1) is 25.6. The van der Waals surface area contributed by atoms with Gasteiger partial charge in [-0.2, -0.15) is 0 Å². The van der Waals surface area contributed by atoms with Crippen LogP contribution in [0.1, 0.15) is 59.8 Å². The predicted octanol–water partition coefficient (Wildman–Crippen LogP) is 2.86. The summed E-state index contributed by atoms with van der Waals surface area (Å²) in [5, 5.41) is 5.48. The maximum absolute atomic E-state index is 12.6. The van der Waals surface area contributed by atoms with Crippen LogP contribution >= 0.6 is 0 Å². The Balaban J connectivity index is 1.25. The van der Waals surface area contributed by atoms with E-state index in [1.807, 2.05) is 0 Å². The van der Waals surface area contributed by atoms with Gasteiger partial charge in [-0.1, -0.05) is 19.1 Å². The van der Waals surface area contributed by atoms with E-state index in [1.54, 1.807) is 31.3 Å². The first-order valence-electron chi connectivity index (χ1n) is 12.1. The van der Waals surface area contributed by atoms with Gasteiger partial charge in [0.15, 0.2) is 0 Å². The van der Waals surface area contributed by atoms with Gasteiger partial charge in [0.2, 0.25) is 0 Å². The van der Waals surface area contributed by atoms with Gasteiger partial charge in [-0.3, -0.25) is 14.7 Å². The topological polar surface area (TPSA) is 138 Å². The summed E-state index contributed by atoms with van der Waals surface area (Å²) >= 11 is 0. The van der Waals surface area contributed by atoms with Gasteiger partial charge in [0, 0.05) is 35.6 Å². The van der Waals surface area contributed by atoms with Crippen LogP contribution in [0.2, 0.25) is 0 Å². The Labute approximate surface area is 210 Å². The molecule has 4 rings (SSSR count). The maximum atomic E-state index is 12.6. The summed E-state index contributed by atoms with van der Waals surface area (Å²) in [4.78, 5) is 42.5. The highest BCUT2D eigenvalue weighted by atomic mass is 32.2. The van der Waals surface area contributed by atoms with Gasteiger partial charge in [0.05, 0.1) is 11.4 Å². The standard InChI is InChI=1S/C25H31N5O5S/c1-16-3-7-20(8-4-16)28-24(32)29-36(34,35)21-9-5-18(6-10-21)11-12-26-25(33)30-15-19-14-27-17(2)13-22(19)23(30)31/h5-6,9-10,13-14,16,20H,3-4,7-8,11-12,15H2,1-2H3,(H,26,33)(H2,28,29,32). The molecule has 2 aliphatic rings. The van der Waals surface area contributed by atoms with Crippen molar-refractivity contribution in [3.05, 3.63) is 58.9 Å². The number of benzene rings is 1. The Bertz CT molecular complexity index is 1250. The Morgan fingerprint density at radius 2 is 1.81 bits per heavy atom. The number of aryl methyl sites for hydroxylation is 1. The van der Waals surface area contributed by atoms with Crippen LogP contribution in [0.15, 0.2) is 41.4 Å². The molecule has 1 saturated carbocycles. The zero-order valence-corrected chi connectivity index (χ0v) is 21.2. The molecule has 5 amide bonds. The molecular formula is C25H31N5O5S. The molecule has 1 aromatic carbocycles. The van der Waals surface area contributed by atoms with Gasteiger partial charge in [0.25, 0.3) is 15.9 Å². The van der Waals surface area contributed by atoms with E-state index >= 15 is 0 Å². The molecule has 0 saturated heterocycles. The second kappa shape index (κ2) is 10.7. The summed E-state index contributed by atoms with van der Waals surface area (Å²) in [6.07, 6.45) is 5.76. The van der Waals surface area contributed by atoms with E-state index in [9.17, 15) is 22.8 Å². The quantitative estimate of drug-likeness (QED) is 0.543. The minimum Gasteiger partial charge on any atom is -0.337 e. The molecule has 1 aromatic heterocycles. The number of imide groups is 1. The number of fused-ring (bicyclic) bond motifs is 1. The Morgan fingerprint density at radius 1 is 1.11 bits per heavy atom. The molecule has 1 fully saturated rings. The van der Waals surface area contributed by atoms with Crippen molar-refractivity contribution in [2.75, 3.05) is 6.54 Å². The Hall–Kier alpha value is -3.47. The van der Waals surface area contributed by atoms with Crippen molar-refractivity contribution in [1.82, 2.24) is 25.2 Å². The van der Waals surface area contributed by atoms with Crippen LogP contribution in [0, 0.1) is 12.8 Å². The largest absolute Gasteiger partial charge is 0.337 e. The number of hydrogen-bond donors (Lipinski definition) is 3. The molecule has 10 nitrogen and oxygen atoms in total. The predicted molar refractivity (Wildman–Crippen MR) is 133 cm³/mol. The summed E-state index contributed by atoms with van der Waals surface area (Å²) in [6.45, 7) is 4.41. The number of carbonyl (C=O) groups is 3. The second-order valence-corrected chi connectivity index (χ2v) is 11.2. The number of urea groups is 2. The average Bonchev–Trinajstić information content (AvgIpc) is 3.16. The number of rotatable bonds is 6. The molecular weight excluding hydrogens is 482 g/mol. The number of aromatic nitrogens is 1. The smallest absolute Gasteiger partial charge is 0.328 e. The molecule has 0 radical (unpaired) electrons. The molecule has 1 aliphatic heterocycles. The lowest BCUT2D eigenvalue weighted by Gasteiger charge is -2.26. The molecule has 192 valence electrons. The van der Waals surface area contributed by atoms with Gasteiger partial charge < -0.3 is 10.6 Å². The second-order valence-electron chi connectivity index (χ2n) is 9.54. The highest BCUT2D eigenvalue weighted by molar-refractivity contribution is 7.90. The van der Waals surface area contributed by atoms with Crippen molar-refractivity contribution in [2.24, 2.45) is 5.92 Å². The Kier molecular flexibility index (Phi) is 7.58. The molecule has 3 N–H and O–H groups in total. The third-order valence-electron chi connectivity index (χ3n) is 6.67. The van der Waals surface area contributed by atoms with Gasteiger partial charge in [-0.05, 0) is 68.7 Å². The molecule has 2 aromatic rings. The van der Waals surface area contributed by atoms with Crippen LogP contribution in [0.3, 0.4) is 0 Å². The maximum Gasteiger partial charge on any atom is 0.328 e. The Morgan fingerprint density at radius 3 is 2.50 bits per heavy atom. The van der Waals surface area contributed by atoms with Crippen LogP contribution < -0.4 is 15.4 Å². The third kappa shape index (κ3) is 6.01. The minimum absolute atomic E-state index is 0.0141. The first-order valence-corrected chi connectivity index (χ1v) is 13.6. The normalized spacial score (nSPS) is 19.5. The SMILES string of the molecule is Cc1cc2c(cn1)CN(C(=O)NCCc1ccc(S(=O)(=O)NC(=O)NC3CCC(C)CC3)cc1)C2=O. The zero-order chi connectivity index (χ0) is 25.9. The lowest BCUT2D eigenvalue weighted by Crippen LogP contribution is -2.45. The van der Waals surface area contributed by atoms with E-state index in [0.29, 0.717) is 29.2 Å². The molecule has 36 heavy (non-hydrogen) atoms. The van der Waals surface area contributed by atoms with Crippen molar-refractivity contribution < 1.29 is 22.8 Å². The van der Waals surface area contributed by atoms with Crippen LogP contribution in [0.4, 0.5) is 9.59 Å². The molecule has 0 unspecified atom stereocenters. The summed E-state index contributed by atoms with van der Waals surface area (Å²) in [5.41, 5.74) is 2.72. The molecule has 11 heteroatoms. The van der Waals surface area contributed by atoms with Crippen molar-refractivity contribution in [2.45, 2.75) is 63.4 Å². The highest BCUT2D eigenvalue weighted by Gasteiger charge is 2.32. The fraction of sp³-hybridized carbons (Fsp3) is 0.440. The van der Waals surface area contributed by atoms with E-state index in [4.69, 9.17) is 0 Å². The van der Waals surface area contributed by atoms with E-state index in [-0.39, 0.29) is 29.9 Å². The molecule has 2 heterocycles. The summed E-state index contributed by atoms with van der Waals surface area (Å²) in [5.74, 6) is 0.278. The number of nitrogens with zero attached hydrogens (tertiary/aromatic N) is 2. The minimum atomic E-state index is -4.00.